The number of nitrogens with one attached hydrogen (secondary N) is 4. The number of benzene rings is 2. The van der Waals surface area contributed by atoms with Crippen molar-refractivity contribution in [3.8, 4) is 0 Å². The number of aliphatic carboxylic acids is 1. The summed E-state index contributed by atoms with van der Waals surface area (Å²) in [7, 11) is 1.38. The van der Waals surface area contributed by atoms with Crippen LogP contribution in [-0.2, 0) is 29.7 Å². The Kier molecular flexibility index (Phi) is 9.37. The van der Waals surface area contributed by atoms with E-state index >= 15 is 4.39 Å². The quantitative estimate of drug-likeness (QED) is 0.244. The van der Waals surface area contributed by atoms with E-state index < -0.39 is 59.5 Å². The number of aryl methyl sites for hydroxylation is 1. The van der Waals surface area contributed by atoms with E-state index in [4.69, 9.17) is 4.74 Å². The zero-order valence-electron chi connectivity index (χ0n) is 21.9. The summed E-state index contributed by atoms with van der Waals surface area (Å²) in [4.78, 5) is 53.7. The Morgan fingerprint density at radius 1 is 1.24 bits per heavy atom. The Balaban J connectivity index is 1.46. The smallest absolute Gasteiger partial charge is 0.408 e. The van der Waals surface area contributed by atoms with Crippen molar-refractivity contribution in [1.82, 2.24) is 25.8 Å². The SMILES string of the molecule is Cn1cc(C(=O)NCC(NC(=O)OCc2ccccc2)C(=O)O)c(=O)c2cc(F)c(CNC3N=CCCN3)c(F)c21. The zero-order chi connectivity index (χ0) is 29.5. The van der Waals surface area contributed by atoms with E-state index in [0.717, 1.165) is 18.7 Å². The predicted molar refractivity (Wildman–Crippen MR) is 144 cm³/mol. The van der Waals surface area contributed by atoms with Gasteiger partial charge >= 0.3 is 12.1 Å². The van der Waals surface area contributed by atoms with Crippen molar-refractivity contribution in [3.05, 3.63) is 81.1 Å². The Morgan fingerprint density at radius 2 is 2.00 bits per heavy atom. The Labute approximate surface area is 232 Å². The second kappa shape index (κ2) is 13.1. The summed E-state index contributed by atoms with van der Waals surface area (Å²) in [5, 5.41) is 19.4. The highest BCUT2D eigenvalue weighted by Crippen LogP contribution is 2.22. The van der Waals surface area contributed by atoms with Gasteiger partial charge in [0.25, 0.3) is 5.91 Å². The minimum Gasteiger partial charge on any atom is -0.480 e. The summed E-state index contributed by atoms with van der Waals surface area (Å²) in [5.41, 5.74) is -1.26. The van der Waals surface area contributed by atoms with E-state index in [1.165, 1.54) is 11.6 Å². The highest BCUT2D eigenvalue weighted by atomic mass is 19.1. The Bertz CT molecular complexity index is 1550. The average Bonchev–Trinajstić information content (AvgIpc) is 2.96. The minimum absolute atomic E-state index is 0.102. The number of carboxylic acid groups (broad SMARTS) is 1. The maximum absolute atomic E-state index is 15.4. The molecule has 2 amide bonds. The molecule has 5 N–H and O–H groups in total. The van der Waals surface area contributed by atoms with Crippen molar-refractivity contribution in [2.75, 3.05) is 13.1 Å². The molecule has 1 aromatic heterocycles. The molecule has 41 heavy (non-hydrogen) atoms. The van der Waals surface area contributed by atoms with Crippen LogP contribution in [-0.4, -0.2) is 59.3 Å². The van der Waals surface area contributed by atoms with Crippen molar-refractivity contribution in [2.45, 2.75) is 31.9 Å². The average molecular weight is 571 g/mol. The highest BCUT2D eigenvalue weighted by Gasteiger charge is 2.25. The lowest BCUT2D eigenvalue weighted by Gasteiger charge is -2.20. The number of ether oxygens (including phenoxy) is 1. The number of hydrogen-bond donors (Lipinski definition) is 5. The number of carbonyl (C=O) groups is 3. The molecule has 2 aromatic carbocycles. The summed E-state index contributed by atoms with van der Waals surface area (Å²) in [6, 6.07) is 7.97. The van der Waals surface area contributed by atoms with Crippen molar-refractivity contribution >= 4 is 35.1 Å². The van der Waals surface area contributed by atoms with Gasteiger partial charge in [-0.1, -0.05) is 30.3 Å². The van der Waals surface area contributed by atoms with Gasteiger partial charge in [0.15, 0.2) is 12.1 Å². The number of rotatable bonds is 10. The molecule has 216 valence electrons. The van der Waals surface area contributed by atoms with E-state index in [1.807, 2.05) is 0 Å². The van der Waals surface area contributed by atoms with Gasteiger partial charge in [-0.3, -0.25) is 25.2 Å². The first-order chi connectivity index (χ1) is 19.7. The maximum Gasteiger partial charge on any atom is 0.408 e. The number of amides is 2. The summed E-state index contributed by atoms with van der Waals surface area (Å²) in [6.07, 6.45) is 1.97. The fraction of sp³-hybridized carbons (Fsp3) is 0.296. The number of carbonyl (C=O) groups excluding carboxylic acids is 2. The van der Waals surface area contributed by atoms with E-state index in [-0.39, 0.29) is 29.6 Å². The van der Waals surface area contributed by atoms with Crippen LogP contribution in [0.3, 0.4) is 0 Å². The van der Waals surface area contributed by atoms with Gasteiger partial charge in [-0.15, -0.1) is 0 Å². The standard InChI is InChI=1S/C27H28F2N6O6/c1-35-13-18(24(37)32-12-20(25(38)39)34-27(40)41-14-15-6-3-2-4-7-15)23(36)16-10-19(28)17(21(29)22(16)35)11-33-26-30-8-5-9-31-26/h2-4,6-8,10,13,20,26,31,33H,5,9,11-12,14H2,1H3,(H,32,37)(H,34,40)(H,38,39). The Hall–Kier alpha value is -4.69. The second-order valence-corrected chi connectivity index (χ2v) is 9.19. The third-order valence-electron chi connectivity index (χ3n) is 6.30. The summed E-state index contributed by atoms with van der Waals surface area (Å²) in [6.45, 7) is -0.253. The van der Waals surface area contributed by atoms with Gasteiger partial charge < -0.3 is 25.0 Å². The van der Waals surface area contributed by atoms with Gasteiger partial charge in [0.05, 0.1) is 10.9 Å². The van der Waals surface area contributed by atoms with Crippen molar-refractivity contribution in [1.29, 1.82) is 0 Å². The number of halogens is 2. The van der Waals surface area contributed by atoms with Crippen LogP contribution < -0.4 is 26.7 Å². The molecule has 4 rings (SSSR count). The first-order valence-corrected chi connectivity index (χ1v) is 12.6. The molecule has 0 saturated heterocycles. The molecule has 0 fully saturated rings. The normalized spacial score (nSPS) is 15.3. The molecule has 1 aliphatic rings. The molecule has 0 aliphatic carbocycles. The number of aromatic nitrogens is 1. The highest BCUT2D eigenvalue weighted by molar-refractivity contribution is 5.98. The van der Waals surface area contributed by atoms with Gasteiger partial charge in [0.2, 0.25) is 5.43 Å². The number of hydrogen-bond acceptors (Lipinski definition) is 8. The molecule has 2 atom stereocenters. The van der Waals surface area contributed by atoms with Crippen LogP contribution in [0.15, 0.2) is 52.4 Å². The first kappa shape index (κ1) is 29.3. The zero-order valence-corrected chi connectivity index (χ0v) is 21.9. The molecular formula is C27H28F2N6O6. The van der Waals surface area contributed by atoms with Gasteiger partial charge in [0.1, 0.15) is 24.0 Å². The lowest BCUT2D eigenvalue weighted by atomic mass is 10.1. The number of nitrogens with zero attached hydrogens (tertiary/aromatic N) is 2. The lowest BCUT2D eigenvalue weighted by Crippen LogP contribution is -2.49. The molecule has 14 heteroatoms. The van der Waals surface area contributed by atoms with E-state index in [9.17, 15) is 28.7 Å². The molecule has 0 bridgehead atoms. The lowest BCUT2D eigenvalue weighted by molar-refractivity contribution is -0.139. The van der Waals surface area contributed by atoms with Crippen LogP contribution in [0.2, 0.25) is 0 Å². The summed E-state index contributed by atoms with van der Waals surface area (Å²) < 4.78 is 36.5. The second-order valence-electron chi connectivity index (χ2n) is 9.19. The topological polar surface area (TPSA) is 163 Å². The number of carboxylic acids is 1. The third-order valence-corrected chi connectivity index (χ3v) is 6.30. The van der Waals surface area contributed by atoms with Gasteiger partial charge in [-0.05, 0) is 18.1 Å². The van der Waals surface area contributed by atoms with E-state index in [0.29, 0.717) is 12.1 Å². The number of fused-ring (bicyclic) bond motifs is 1. The molecule has 3 aromatic rings. The number of aliphatic imine (C=N–C) groups is 1. The van der Waals surface area contributed by atoms with Crippen LogP contribution in [0.4, 0.5) is 13.6 Å². The number of alkyl carbamates (subject to hydrolysis) is 1. The molecule has 2 heterocycles. The minimum atomic E-state index is -1.58. The molecule has 1 aliphatic heterocycles. The third kappa shape index (κ3) is 7.10. The molecule has 0 radical (unpaired) electrons. The van der Waals surface area contributed by atoms with Crippen molar-refractivity contribution in [2.24, 2.45) is 12.0 Å². The maximum atomic E-state index is 15.4. The monoisotopic (exact) mass is 570 g/mol. The first-order valence-electron chi connectivity index (χ1n) is 12.6. The fourth-order valence-electron chi connectivity index (χ4n) is 4.19. The molecule has 0 saturated carbocycles. The van der Waals surface area contributed by atoms with Gasteiger partial charge in [-0.25, -0.2) is 18.4 Å². The van der Waals surface area contributed by atoms with E-state index in [2.05, 4.69) is 26.3 Å². The van der Waals surface area contributed by atoms with E-state index in [1.54, 1.807) is 36.5 Å². The van der Waals surface area contributed by atoms with Gasteiger partial charge in [-0.2, -0.15) is 0 Å². The van der Waals surface area contributed by atoms with Crippen LogP contribution in [0.5, 0.6) is 0 Å². The Morgan fingerprint density at radius 3 is 2.68 bits per heavy atom. The van der Waals surface area contributed by atoms with Crippen molar-refractivity contribution < 1.29 is 33.0 Å². The van der Waals surface area contributed by atoms with Crippen LogP contribution in [0, 0.1) is 11.6 Å². The van der Waals surface area contributed by atoms with Crippen LogP contribution >= 0.6 is 0 Å². The summed E-state index contributed by atoms with van der Waals surface area (Å²) in [5.74, 6) is -4.41. The van der Waals surface area contributed by atoms with Crippen LogP contribution in [0.1, 0.15) is 27.9 Å². The summed E-state index contributed by atoms with van der Waals surface area (Å²) >= 11 is 0. The molecule has 2 unspecified atom stereocenters. The van der Waals surface area contributed by atoms with Gasteiger partial charge in [0, 0.05) is 44.7 Å². The number of pyridine rings is 1. The molecule has 0 spiro atoms. The molecule has 12 nitrogen and oxygen atoms in total. The largest absolute Gasteiger partial charge is 0.480 e. The fourth-order valence-corrected chi connectivity index (χ4v) is 4.19. The van der Waals surface area contributed by atoms with Crippen molar-refractivity contribution in [3.63, 3.8) is 0 Å². The predicted octanol–water partition coefficient (Wildman–Crippen LogP) is 1.36. The molecular weight excluding hydrogens is 542 g/mol. The van der Waals surface area contributed by atoms with Crippen LogP contribution in [0.25, 0.3) is 10.9 Å².